The van der Waals surface area contributed by atoms with Crippen molar-refractivity contribution < 1.29 is 9.46 Å². The zero-order chi connectivity index (χ0) is 9.31. The smallest absolute Gasteiger partial charge is 0.278 e. The Balaban J connectivity index is 2.49. The first kappa shape index (κ1) is 9.16. The van der Waals surface area contributed by atoms with Crippen LogP contribution in [0.15, 0.2) is 35.0 Å². The van der Waals surface area contributed by atoms with Crippen LogP contribution in [0.3, 0.4) is 0 Å². The molecule has 0 aliphatic carbocycles. The van der Waals surface area contributed by atoms with Crippen molar-refractivity contribution in [1.82, 2.24) is 0 Å². The molecule has 2 rings (SSSR count). The van der Waals surface area contributed by atoms with Gasteiger partial charge in [0.15, 0.2) is 0 Å². The fourth-order valence-corrected chi connectivity index (χ4v) is 4.97. The van der Waals surface area contributed by atoms with Crippen molar-refractivity contribution in [2.45, 2.75) is 0 Å². The van der Waals surface area contributed by atoms with E-state index in [0.717, 1.165) is 0 Å². The summed E-state index contributed by atoms with van der Waals surface area (Å²) in [4.78, 5) is 9.81. The Labute approximate surface area is 83.9 Å². The van der Waals surface area contributed by atoms with Crippen molar-refractivity contribution >= 4 is 39.3 Å². The monoisotopic (exact) mass is 230 g/mol. The summed E-state index contributed by atoms with van der Waals surface area (Å²) < 4.78 is 13.0. The third kappa shape index (κ3) is 1.63. The summed E-state index contributed by atoms with van der Waals surface area (Å²) in [6.45, 7) is 0. The summed E-state index contributed by atoms with van der Waals surface area (Å²) in [5.41, 5.74) is 0. The molecule has 13 heavy (non-hydrogen) atoms. The summed E-state index contributed by atoms with van der Waals surface area (Å²) in [5, 5.41) is 3.62. The first-order chi connectivity index (χ1) is 6.21. The highest BCUT2D eigenvalue weighted by atomic mass is 32.1. The third-order valence-corrected chi connectivity index (χ3v) is 6.56. The SMILES string of the molecule is O=P(O)(c1cccs1)c1cccs1. The Morgan fingerprint density at radius 3 is 1.85 bits per heavy atom. The maximum atomic E-state index is 11.9. The van der Waals surface area contributed by atoms with Gasteiger partial charge in [-0.05, 0) is 22.9 Å². The quantitative estimate of drug-likeness (QED) is 0.801. The number of hydrogen-bond donors (Lipinski definition) is 1. The van der Waals surface area contributed by atoms with Gasteiger partial charge in [-0.25, -0.2) is 0 Å². The van der Waals surface area contributed by atoms with Gasteiger partial charge in [0.1, 0.15) is 0 Å². The third-order valence-electron chi connectivity index (χ3n) is 1.61. The van der Waals surface area contributed by atoms with Crippen LogP contribution in [-0.2, 0) is 4.57 Å². The molecule has 0 atom stereocenters. The van der Waals surface area contributed by atoms with Crippen molar-refractivity contribution in [1.29, 1.82) is 0 Å². The van der Waals surface area contributed by atoms with E-state index in [0.29, 0.717) is 9.24 Å². The summed E-state index contributed by atoms with van der Waals surface area (Å²) in [5.74, 6) is 0. The van der Waals surface area contributed by atoms with Crippen molar-refractivity contribution in [2.75, 3.05) is 0 Å². The lowest BCUT2D eigenvalue weighted by atomic mass is 10.7. The van der Waals surface area contributed by atoms with E-state index in [1.807, 2.05) is 10.8 Å². The van der Waals surface area contributed by atoms with E-state index in [1.165, 1.54) is 22.7 Å². The average Bonchev–Trinajstić information content (AvgIpc) is 2.78. The van der Waals surface area contributed by atoms with Crippen molar-refractivity contribution in [2.24, 2.45) is 0 Å². The molecule has 2 aromatic heterocycles. The molecule has 0 aliphatic rings. The molecule has 68 valence electrons. The lowest BCUT2D eigenvalue weighted by Gasteiger charge is -2.05. The van der Waals surface area contributed by atoms with Gasteiger partial charge in [0.25, 0.3) is 7.37 Å². The van der Waals surface area contributed by atoms with Crippen LogP contribution >= 0.6 is 30.0 Å². The Kier molecular flexibility index (Phi) is 2.39. The summed E-state index contributed by atoms with van der Waals surface area (Å²) >= 11 is 2.64. The van der Waals surface area contributed by atoms with Crippen LogP contribution in [0, 0.1) is 0 Å². The molecule has 0 radical (unpaired) electrons. The average molecular weight is 230 g/mol. The summed E-state index contributed by atoms with van der Waals surface area (Å²) in [6, 6.07) is 6.98. The van der Waals surface area contributed by atoms with Crippen molar-refractivity contribution in [3.63, 3.8) is 0 Å². The number of rotatable bonds is 2. The van der Waals surface area contributed by atoms with Crippen LogP contribution < -0.4 is 9.24 Å². The van der Waals surface area contributed by atoms with Gasteiger partial charge in [0.2, 0.25) is 0 Å². The molecule has 2 nitrogen and oxygen atoms in total. The molecule has 0 spiro atoms. The minimum absolute atomic E-state index is 0.551. The van der Waals surface area contributed by atoms with E-state index < -0.39 is 7.37 Å². The molecule has 0 unspecified atom stereocenters. The van der Waals surface area contributed by atoms with Crippen LogP contribution in [0.1, 0.15) is 0 Å². The molecule has 2 aromatic rings. The first-order valence-corrected chi connectivity index (χ1v) is 7.04. The van der Waals surface area contributed by atoms with Crippen LogP contribution in [-0.4, -0.2) is 4.89 Å². The zero-order valence-electron chi connectivity index (χ0n) is 6.58. The Hall–Kier alpha value is -0.410. The molecule has 0 bridgehead atoms. The van der Waals surface area contributed by atoms with E-state index in [4.69, 9.17) is 0 Å². The molecule has 0 saturated carbocycles. The van der Waals surface area contributed by atoms with E-state index in [9.17, 15) is 9.46 Å². The molecule has 2 heterocycles. The highest BCUT2D eigenvalue weighted by molar-refractivity contribution is 7.82. The molecule has 0 aromatic carbocycles. The van der Waals surface area contributed by atoms with Crippen molar-refractivity contribution in [3.05, 3.63) is 35.0 Å². The molecule has 0 aliphatic heterocycles. The van der Waals surface area contributed by atoms with Crippen LogP contribution in [0.25, 0.3) is 0 Å². The predicted octanol–water partition coefficient (Wildman–Crippen LogP) is 2.03. The molecule has 1 N–H and O–H groups in total. The van der Waals surface area contributed by atoms with Gasteiger partial charge in [0.05, 0.1) is 9.24 Å². The predicted molar refractivity (Wildman–Crippen MR) is 57.7 cm³/mol. The van der Waals surface area contributed by atoms with Crippen molar-refractivity contribution in [3.8, 4) is 0 Å². The van der Waals surface area contributed by atoms with Crippen LogP contribution in [0.5, 0.6) is 0 Å². The van der Waals surface area contributed by atoms with Crippen LogP contribution in [0.2, 0.25) is 0 Å². The van der Waals surface area contributed by atoms with E-state index >= 15 is 0 Å². The highest BCUT2D eigenvalue weighted by Gasteiger charge is 2.25. The maximum Gasteiger partial charge on any atom is 0.278 e. The number of hydrogen-bond acceptors (Lipinski definition) is 3. The van der Waals surface area contributed by atoms with E-state index in [-0.39, 0.29) is 0 Å². The topological polar surface area (TPSA) is 37.3 Å². The largest absolute Gasteiger partial charge is 0.337 e. The van der Waals surface area contributed by atoms with Gasteiger partial charge in [-0.15, -0.1) is 22.7 Å². The zero-order valence-corrected chi connectivity index (χ0v) is 9.11. The van der Waals surface area contributed by atoms with Gasteiger partial charge >= 0.3 is 0 Å². The standard InChI is InChI=1S/C8H7O2PS2/c9-11(10,7-3-1-5-12-7)8-4-2-6-13-8/h1-6H,(H,9,10). The molecule has 0 amide bonds. The van der Waals surface area contributed by atoms with E-state index in [2.05, 4.69) is 0 Å². The first-order valence-electron chi connectivity index (χ1n) is 3.62. The van der Waals surface area contributed by atoms with Gasteiger partial charge < -0.3 is 4.89 Å². The molecule has 5 heteroatoms. The van der Waals surface area contributed by atoms with E-state index in [1.54, 1.807) is 24.3 Å². The minimum Gasteiger partial charge on any atom is -0.337 e. The molecular formula is C8H7O2PS2. The molecular weight excluding hydrogens is 223 g/mol. The van der Waals surface area contributed by atoms with Crippen LogP contribution in [0.4, 0.5) is 0 Å². The summed E-state index contributed by atoms with van der Waals surface area (Å²) in [6.07, 6.45) is 0. The molecule has 0 saturated heterocycles. The Bertz CT molecular complexity index is 381. The minimum atomic E-state index is -3.26. The second kappa shape index (κ2) is 3.39. The molecule has 0 fully saturated rings. The highest BCUT2D eigenvalue weighted by Crippen LogP contribution is 2.41. The maximum absolute atomic E-state index is 11.9. The number of thiophene rings is 2. The van der Waals surface area contributed by atoms with Gasteiger partial charge in [-0.1, -0.05) is 12.1 Å². The fraction of sp³-hybridized carbons (Fsp3) is 0. The summed E-state index contributed by atoms with van der Waals surface area (Å²) in [7, 11) is -3.26. The Morgan fingerprint density at radius 2 is 1.54 bits per heavy atom. The lowest BCUT2D eigenvalue weighted by Crippen LogP contribution is -2.08. The normalized spacial score (nSPS) is 11.8. The van der Waals surface area contributed by atoms with Gasteiger partial charge in [0, 0.05) is 0 Å². The second-order valence-corrected chi connectivity index (χ2v) is 7.09. The van der Waals surface area contributed by atoms with Gasteiger partial charge in [-0.3, -0.25) is 4.57 Å². The fourth-order valence-electron chi connectivity index (χ4n) is 0.993. The second-order valence-electron chi connectivity index (χ2n) is 2.48. The lowest BCUT2D eigenvalue weighted by molar-refractivity contribution is 0.502. The Morgan fingerprint density at radius 1 is 1.08 bits per heavy atom. The van der Waals surface area contributed by atoms with Gasteiger partial charge in [-0.2, -0.15) is 0 Å².